The molecule has 1 aliphatic rings. The Labute approximate surface area is 204 Å². The molecule has 1 rings (SSSR count). The Morgan fingerprint density at radius 1 is 0.879 bits per heavy atom. The fraction of sp³-hybridized carbons (Fsp3) is 0.929. The minimum absolute atomic E-state index is 0.0839. The van der Waals surface area contributed by atoms with Gasteiger partial charge in [-0.05, 0) is 19.8 Å². The number of ether oxygens (including phenoxy) is 1. The molecule has 0 aromatic rings. The third-order valence-corrected chi connectivity index (χ3v) is 7.21. The van der Waals surface area contributed by atoms with E-state index in [1.807, 2.05) is 6.92 Å². The van der Waals surface area contributed by atoms with Crippen LogP contribution < -0.4 is 0 Å². The quantitative estimate of drug-likeness (QED) is 0.139. The lowest BCUT2D eigenvalue weighted by Crippen LogP contribution is -2.48. The second-order valence-electron chi connectivity index (χ2n) is 9.77. The predicted molar refractivity (Wildman–Crippen MR) is 140 cm³/mol. The topological polar surface area (TPSA) is 62.1 Å². The second-order valence-corrected chi connectivity index (χ2v) is 9.77. The van der Waals surface area contributed by atoms with E-state index >= 15 is 0 Å². The molecule has 0 aromatic carbocycles. The number of carbonyl (C=O) groups is 1. The highest BCUT2D eigenvalue weighted by molar-refractivity contribution is 6.06. The fourth-order valence-electron chi connectivity index (χ4n) is 5.13. The summed E-state index contributed by atoms with van der Waals surface area (Å²) < 4.78 is 5.50. The van der Waals surface area contributed by atoms with Gasteiger partial charge in [-0.15, -0.1) is 0 Å². The zero-order valence-electron chi connectivity index (χ0n) is 22.2. The standard InChI is InChI=1S/C28H54N2O3/c1-4-7-8-9-10-11-12-13-14-15-16-17-18-19-20-21-28(5-2,27(32)33-6-3)26-29-22-23-30(26)24-25-31/h31H,4-25H2,1-3H3. The van der Waals surface area contributed by atoms with Gasteiger partial charge in [-0.3, -0.25) is 9.79 Å². The van der Waals surface area contributed by atoms with Crippen LogP contribution in [0, 0.1) is 5.41 Å². The zero-order valence-corrected chi connectivity index (χ0v) is 22.2. The molecule has 0 saturated heterocycles. The Bertz CT molecular complexity index is 523. The maximum atomic E-state index is 13.0. The molecular formula is C28H54N2O3. The summed E-state index contributed by atoms with van der Waals surface area (Å²) in [4.78, 5) is 19.8. The first-order valence-electron chi connectivity index (χ1n) is 14.2. The summed E-state index contributed by atoms with van der Waals surface area (Å²) in [5.74, 6) is 0.712. The average molecular weight is 467 g/mol. The minimum atomic E-state index is -0.655. The molecule has 5 nitrogen and oxygen atoms in total. The first kappa shape index (κ1) is 29.9. The minimum Gasteiger partial charge on any atom is -0.465 e. The molecule has 0 radical (unpaired) electrons. The average Bonchev–Trinajstić information content (AvgIpc) is 3.28. The molecule has 0 aromatic heterocycles. The molecule has 1 atom stereocenters. The summed E-state index contributed by atoms with van der Waals surface area (Å²) in [6, 6.07) is 0. The van der Waals surface area contributed by atoms with Gasteiger partial charge in [-0.2, -0.15) is 0 Å². The number of unbranched alkanes of at least 4 members (excludes halogenated alkanes) is 14. The lowest BCUT2D eigenvalue weighted by Gasteiger charge is -2.35. The number of aliphatic hydroxyl groups is 1. The van der Waals surface area contributed by atoms with Gasteiger partial charge in [0.15, 0.2) is 0 Å². The molecule has 194 valence electrons. The van der Waals surface area contributed by atoms with Crippen molar-refractivity contribution in [3.05, 3.63) is 0 Å². The molecule has 1 unspecified atom stereocenters. The number of amidine groups is 1. The van der Waals surface area contributed by atoms with E-state index in [4.69, 9.17) is 9.73 Å². The molecule has 1 heterocycles. The van der Waals surface area contributed by atoms with Crippen molar-refractivity contribution in [3.8, 4) is 0 Å². The Hall–Kier alpha value is -1.10. The van der Waals surface area contributed by atoms with Crippen LogP contribution in [-0.2, 0) is 9.53 Å². The Balaban J connectivity index is 2.25. The van der Waals surface area contributed by atoms with E-state index in [9.17, 15) is 9.90 Å². The Morgan fingerprint density at radius 2 is 1.39 bits per heavy atom. The first-order valence-corrected chi connectivity index (χ1v) is 14.2. The molecule has 1 N–H and O–H groups in total. The second kappa shape index (κ2) is 19.2. The van der Waals surface area contributed by atoms with Crippen LogP contribution >= 0.6 is 0 Å². The summed E-state index contributed by atoms with van der Waals surface area (Å²) >= 11 is 0. The van der Waals surface area contributed by atoms with Gasteiger partial charge in [-0.25, -0.2) is 0 Å². The van der Waals surface area contributed by atoms with Crippen molar-refractivity contribution in [1.29, 1.82) is 0 Å². The molecule has 5 heteroatoms. The summed E-state index contributed by atoms with van der Waals surface area (Å²) in [5.41, 5.74) is -0.655. The molecule has 0 amide bonds. The summed E-state index contributed by atoms with van der Waals surface area (Å²) in [7, 11) is 0. The van der Waals surface area contributed by atoms with E-state index in [-0.39, 0.29) is 12.6 Å². The highest BCUT2D eigenvalue weighted by atomic mass is 16.5. The van der Waals surface area contributed by atoms with E-state index in [1.165, 1.54) is 83.5 Å². The number of aliphatic hydroxyl groups excluding tert-OH is 1. The van der Waals surface area contributed by atoms with Crippen LogP contribution in [-0.4, -0.2) is 54.7 Å². The Kier molecular flexibility index (Phi) is 17.4. The van der Waals surface area contributed by atoms with Gasteiger partial charge in [0.05, 0.1) is 19.8 Å². The highest BCUT2D eigenvalue weighted by Gasteiger charge is 2.46. The van der Waals surface area contributed by atoms with Crippen LogP contribution in [0.25, 0.3) is 0 Å². The van der Waals surface area contributed by atoms with Crippen LogP contribution in [0.15, 0.2) is 4.99 Å². The van der Waals surface area contributed by atoms with Gasteiger partial charge in [0.2, 0.25) is 0 Å². The first-order chi connectivity index (χ1) is 16.2. The number of rotatable bonds is 22. The Morgan fingerprint density at radius 3 is 1.85 bits per heavy atom. The number of hydrogen-bond donors (Lipinski definition) is 1. The smallest absolute Gasteiger partial charge is 0.319 e. The van der Waals surface area contributed by atoms with Gasteiger partial charge in [-0.1, -0.05) is 110 Å². The molecular weight excluding hydrogens is 412 g/mol. The van der Waals surface area contributed by atoms with Crippen molar-refractivity contribution in [2.24, 2.45) is 10.4 Å². The van der Waals surface area contributed by atoms with Crippen LogP contribution in [0.3, 0.4) is 0 Å². The molecule has 1 aliphatic heterocycles. The van der Waals surface area contributed by atoms with Crippen LogP contribution in [0.4, 0.5) is 0 Å². The zero-order chi connectivity index (χ0) is 24.2. The number of esters is 1. The van der Waals surface area contributed by atoms with Gasteiger partial charge in [0, 0.05) is 13.1 Å². The van der Waals surface area contributed by atoms with Crippen molar-refractivity contribution in [2.45, 2.75) is 130 Å². The normalized spacial score (nSPS) is 15.5. The van der Waals surface area contributed by atoms with Crippen LogP contribution in [0.1, 0.15) is 130 Å². The van der Waals surface area contributed by atoms with Crippen LogP contribution in [0.2, 0.25) is 0 Å². The molecule has 0 saturated carbocycles. The SMILES string of the molecule is CCCCCCCCCCCCCCCCCC(CC)(C(=O)OCC)C1=NCCN1CCO. The maximum Gasteiger partial charge on any atom is 0.319 e. The molecule has 0 spiro atoms. The monoisotopic (exact) mass is 466 g/mol. The van der Waals surface area contributed by atoms with Gasteiger partial charge >= 0.3 is 5.97 Å². The van der Waals surface area contributed by atoms with Gasteiger partial charge in [0.1, 0.15) is 11.3 Å². The highest BCUT2D eigenvalue weighted by Crippen LogP contribution is 2.36. The van der Waals surface area contributed by atoms with Crippen molar-refractivity contribution in [2.75, 3.05) is 32.8 Å². The van der Waals surface area contributed by atoms with E-state index in [0.29, 0.717) is 26.1 Å². The summed E-state index contributed by atoms with van der Waals surface area (Å²) in [6.07, 6.45) is 21.6. The van der Waals surface area contributed by atoms with Crippen molar-refractivity contribution in [3.63, 3.8) is 0 Å². The largest absolute Gasteiger partial charge is 0.465 e. The lowest BCUT2D eigenvalue weighted by atomic mass is 9.78. The van der Waals surface area contributed by atoms with E-state index in [2.05, 4.69) is 18.7 Å². The van der Waals surface area contributed by atoms with Crippen LogP contribution in [0.5, 0.6) is 0 Å². The van der Waals surface area contributed by atoms with Gasteiger partial charge in [0.25, 0.3) is 0 Å². The molecule has 0 aliphatic carbocycles. The molecule has 0 fully saturated rings. The number of carbonyl (C=O) groups excluding carboxylic acids is 1. The summed E-state index contributed by atoms with van der Waals surface area (Å²) in [6.45, 7) is 8.73. The maximum absolute atomic E-state index is 13.0. The third-order valence-electron chi connectivity index (χ3n) is 7.21. The molecule has 0 bridgehead atoms. The van der Waals surface area contributed by atoms with E-state index < -0.39 is 5.41 Å². The number of nitrogens with zero attached hydrogens (tertiary/aromatic N) is 2. The number of β-amino-alcohol motifs (C(OH)–C–C–N with tert-alkyl or cyclic N) is 1. The summed E-state index contributed by atoms with van der Waals surface area (Å²) in [5, 5.41) is 9.43. The fourth-order valence-corrected chi connectivity index (χ4v) is 5.13. The van der Waals surface area contributed by atoms with E-state index in [0.717, 1.165) is 31.6 Å². The van der Waals surface area contributed by atoms with Crippen molar-refractivity contribution < 1.29 is 14.6 Å². The van der Waals surface area contributed by atoms with Gasteiger partial charge < -0.3 is 14.7 Å². The third kappa shape index (κ3) is 11.2. The predicted octanol–water partition coefficient (Wildman–Crippen LogP) is 6.91. The van der Waals surface area contributed by atoms with Crippen molar-refractivity contribution >= 4 is 11.8 Å². The molecule has 33 heavy (non-hydrogen) atoms. The van der Waals surface area contributed by atoms with E-state index in [1.54, 1.807) is 0 Å². The lowest BCUT2D eigenvalue weighted by molar-refractivity contribution is -0.152. The number of aliphatic imine (C=N–C) groups is 1. The number of hydrogen-bond acceptors (Lipinski definition) is 5. The van der Waals surface area contributed by atoms with Crippen molar-refractivity contribution in [1.82, 2.24) is 4.90 Å².